The Morgan fingerprint density at radius 1 is 1.31 bits per heavy atom. The van der Waals surface area contributed by atoms with Gasteiger partial charge in [0.05, 0.1) is 5.02 Å². The van der Waals surface area contributed by atoms with Crippen LogP contribution in [0.3, 0.4) is 0 Å². The molecule has 138 valence electrons. The number of rotatable bonds is 5. The maximum Gasteiger partial charge on any atom is 0.248 e. The Morgan fingerprint density at radius 3 is 2.85 bits per heavy atom. The van der Waals surface area contributed by atoms with Crippen molar-refractivity contribution in [1.29, 1.82) is 0 Å². The topological polar surface area (TPSA) is 67.8 Å². The molecule has 0 saturated carbocycles. The quantitative estimate of drug-likeness (QED) is 0.799. The van der Waals surface area contributed by atoms with Crippen LogP contribution in [0.15, 0.2) is 36.7 Å². The van der Waals surface area contributed by atoms with E-state index in [2.05, 4.69) is 14.9 Å². The molecule has 0 N–H and O–H groups in total. The van der Waals surface area contributed by atoms with Crippen LogP contribution in [0.4, 0.5) is 5.82 Å². The average Bonchev–Trinajstić information content (AvgIpc) is 2.64. The average molecular weight is 377 g/mol. The molecule has 0 spiro atoms. The molecular weight excluding hydrogens is 356 g/mol. The van der Waals surface area contributed by atoms with Gasteiger partial charge in [-0.15, -0.1) is 0 Å². The van der Waals surface area contributed by atoms with Crippen molar-refractivity contribution in [3.05, 3.63) is 41.7 Å². The van der Waals surface area contributed by atoms with E-state index < -0.39 is 0 Å². The number of piperazine rings is 1. The summed E-state index contributed by atoms with van der Waals surface area (Å²) in [6.45, 7) is 4.10. The van der Waals surface area contributed by atoms with E-state index >= 15 is 0 Å². The highest BCUT2D eigenvalue weighted by molar-refractivity contribution is 6.32. The Morgan fingerprint density at radius 2 is 2.12 bits per heavy atom. The van der Waals surface area contributed by atoms with Crippen LogP contribution in [0.5, 0.6) is 11.6 Å². The van der Waals surface area contributed by atoms with Crippen LogP contribution >= 0.6 is 11.6 Å². The second-order valence-electron chi connectivity index (χ2n) is 6.06. The minimum absolute atomic E-state index is 0.00470. The molecule has 1 aromatic heterocycles. The molecular formula is C18H21ClN4O3. The molecule has 0 aliphatic carbocycles. The molecule has 1 amide bonds. The van der Waals surface area contributed by atoms with Crippen molar-refractivity contribution >= 4 is 23.3 Å². The zero-order valence-corrected chi connectivity index (χ0v) is 15.5. The van der Waals surface area contributed by atoms with Crippen LogP contribution in [-0.4, -0.2) is 60.2 Å². The van der Waals surface area contributed by atoms with Crippen LogP contribution in [0.25, 0.3) is 0 Å². The van der Waals surface area contributed by atoms with Crippen LogP contribution in [0.1, 0.15) is 6.92 Å². The normalized spacial score (nSPS) is 17.3. The van der Waals surface area contributed by atoms with Gasteiger partial charge in [-0.2, -0.15) is 0 Å². The standard InChI is InChI=1S/C18H21ClN4O3/c1-13-10-22(7-8-23(13)18(24)11-25-2)16-9-17(21-12-20-16)26-15-6-4-3-5-14(15)19/h3-6,9,12-13H,7-8,10-11H2,1-2H3/t13-/m1/s1. The molecule has 1 aromatic carbocycles. The zero-order valence-electron chi connectivity index (χ0n) is 14.8. The second-order valence-corrected chi connectivity index (χ2v) is 6.47. The Kier molecular flexibility index (Phi) is 5.90. The van der Waals surface area contributed by atoms with Gasteiger partial charge in [-0.25, -0.2) is 9.97 Å². The summed E-state index contributed by atoms with van der Waals surface area (Å²) < 4.78 is 10.7. The molecule has 0 radical (unpaired) electrons. The van der Waals surface area contributed by atoms with E-state index in [4.69, 9.17) is 21.1 Å². The second kappa shape index (κ2) is 8.33. The maximum absolute atomic E-state index is 12.1. The monoisotopic (exact) mass is 376 g/mol. The van der Waals surface area contributed by atoms with Gasteiger partial charge in [0.25, 0.3) is 0 Å². The lowest BCUT2D eigenvalue weighted by Crippen LogP contribution is -2.55. The van der Waals surface area contributed by atoms with E-state index in [1.54, 1.807) is 18.2 Å². The maximum atomic E-state index is 12.1. The summed E-state index contributed by atoms with van der Waals surface area (Å²) in [5.74, 6) is 1.73. The van der Waals surface area contributed by atoms with E-state index in [9.17, 15) is 4.79 Å². The highest BCUT2D eigenvalue weighted by Crippen LogP contribution is 2.29. The van der Waals surface area contributed by atoms with Crippen LogP contribution in [-0.2, 0) is 9.53 Å². The van der Waals surface area contributed by atoms with Crippen molar-refractivity contribution in [2.24, 2.45) is 0 Å². The van der Waals surface area contributed by atoms with Gasteiger partial charge in [-0.05, 0) is 19.1 Å². The highest BCUT2D eigenvalue weighted by Gasteiger charge is 2.28. The van der Waals surface area contributed by atoms with Gasteiger partial charge in [-0.3, -0.25) is 4.79 Å². The summed E-state index contributed by atoms with van der Waals surface area (Å²) in [4.78, 5) is 24.5. The van der Waals surface area contributed by atoms with Crippen LogP contribution in [0, 0.1) is 0 Å². The molecule has 1 fully saturated rings. The molecule has 1 aliphatic rings. The van der Waals surface area contributed by atoms with Gasteiger partial charge in [0.2, 0.25) is 11.8 Å². The first-order chi connectivity index (χ1) is 12.6. The van der Waals surface area contributed by atoms with Crippen LogP contribution < -0.4 is 9.64 Å². The van der Waals surface area contributed by atoms with Crippen molar-refractivity contribution in [2.45, 2.75) is 13.0 Å². The third-order valence-electron chi connectivity index (χ3n) is 4.22. The van der Waals surface area contributed by atoms with Crippen molar-refractivity contribution in [2.75, 3.05) is 38.3 Å². The lowest BCUT2D eigenvalue weighted by molar-refractivity contribution is -0.137. The molecule has 2 heterocycles. The van der Waals surface area contributed by atoms with Crippen LogP contribution in [0.2, 0.25) is 5.02 Å². The predicted molar refractivity (Wildman–Crippen MR) is 98.8 cm³/mol. The summed E-state index contributed by atoms with van der Waals surface area (Å²) in [7, 11) is 1.53. The number of para-hydroxylation sites is 1. The van der Waals surface area contributed by atoms with E-state index in [-0.39, 0.29) is 18.6 Å². The number of hydrogen-bond donors (Lipinski definition) is 0. The van der Waals surface area contributed by atoms with Crippen molar-refractivity contribution in [1.82, 2.24) is 14.9 Å². The number of carbonyl (C=O) groups excluding carboxylic acids is 1. The van der Waals surface area contributed by atoms with Gasteiger partial charge in [-0.1, -0.05) is 23.7 Å². The number of methoxy groups -OCH3 is 1. The van der Waals surface area contributed by atoms with E-state index in [1.165, 1.54) is 13.4 Å². The van der Waals surface area contributed by atoms with Crippen molar-refractivity contribution in [3.63, 3.8) is 0 Å². The van der Waals surface area contributed by atoms with Gasteiger partial charge >= 0.3 is 0 Å². The number of nitrogens with zero attached hydrogens (tertiary/aromatic N) is 4. The van der Waals surface area contributed by atoms with E-state index in [0.717, 1.165) is 5.82 Å². The summed E-state index contributed by atoms with van der Waals surface area (Å²) in [6, 6.07) is 9.08. The highest BCUT2D eigenvalue weighted by atomic mass is 35.5. The molecule has 26 heavy (non-hydrogen) atoms. The van der Waals surface area contributed by atoms with E-state index in [1.807, 2.05) is 24.0 Å². The number of carbonyl (C=O) groups is 1. The Balaban J connectivity index is 1.69. The van der Waals surface area contributed by atoms with E-state index in [0.29, 0.717) is 36.3 Å². The number of ether oxygens (including phenoxy) is 2. The van der Waals surface area contributed by atoms with Gasteiger partial charge in [0.1, 0.15) is 24.5 Å². The summed E-state index contributed by atoms with van der Waals surface area (Å²) in [6.07, 6.45) is 1.47. The zero-order chi connectivity index (χ0) is 18.5. The molecule has 3 rings (SSSR count). The number of halogens is 1. The Bertz CT molecular complexity index is 774. The first-order valence-corrected chi connectivity index (χ1v) is 8.74. The Labute approximate surface area is 157 Å². The lowest BCUT2D eigenvalue weighted by atomic mass is 10.2. The number of aromatic nitrogens is 2. The fourth-order valence-corrected chi connectivity index (χ4v) is 3.12. The molecule has 7 nitrogen and oxygen atoms in total. The third kappa shape index (κ3) is 4.23. The number of hydrogen-bond acceptors (Lipinski definition) is 6. The minimum Gasteiger partial charge on any atom is -0.437 e. The van der Waals surface area contributed by atoms with Gasteiger partial charge in [0.15, 0.2) is 0 Å². The fourth-order valence-electron chi connectivity index (χ4n) is 2.94. The van der Waals surface area contributed by atoms with Crippen molar-refractivity contribution < 1.29 is 14.3 Å². The molecule has 0 unspecified atom stereocenters. The molecule has 1 saturated heterocycles. The first kappa shape index (κ1) is 18.4. The number of anilines is 1. The minimum atomic E-state index is 0.00470. The summed E-state index contributed by atoms with van der Waals surface area (Å²) >= 11 is 6.13. The number of benzene rings is 1. The first-order valence-electron chi connectivity index (χ1n) is 8.36. The molecule has 1 aliphatic heterocycles. The fraction of sp³-hybridized carbons (Fsp3) is 0.389. The molecule has 8 heteroatoms. The molecule has 2 aromatic rings. The Hall–Kier alpha value is -2.38. The summed E-state index contributed by atoms with van der Waals surface area (Å²) in [5, 5.41) is 0.520. The van der Waals surface area contributed by atoms with Crippen molar-refractivity contribution in [3.8, 4) is 11.6 Å². The lowest BCUT2D eigenvalue weighted by Gasteiger charge is -2.40. The smallest absolute Gasteiger partial charge is 0.248 e. The largest absolute Gasteiger partial charge is 0.437 e. The van der Waals surface area contributed by atoms with Gasteiger partial charge in [0, 0.05) is 38.9 Å². The third-order valence-corrected chi connectivity index (χ3v) is 4.53. The molecule has 1 atom stereocenters. The summed E-state index contributed by atoms with van der Waals surface area (Å²) in [5.41, 5.74) is 0. The van der Waals surface area contributed by atoms with Gasteiger partial charge < -0.3 is 19.3 Å². The predicted octanol–water partition coefficient (Wildman–Crippen LogP) is 2.61. The molecule has 0 bridgehead atoms. The number of amides is 1. The SMILES string of the molecule is COCC(=O)N1CCN(c2cc(Oc3ccccc3Cl)ncn2)C[C@H]1C.